The van der Waals surface area contributed by atoms with Gasteiger partial charge in [0.1, 0.15) is 0 Å². The Morgan fingerprint density at radius 3 is 3.21 bits per heavy atom. The van der Waals surface area contributed by atoms with E-state index in [1.807, 2.05) is 0 Å². The summed E-state index contributed by atoms with van der Waals surface area (Å²) in [6.45, 7) is 5.15. The smallest absolute Gasteiger partial charge is 0.186 e. The molecule has 0 radical (unpaired) electrons. The van der Waals surface area contributed by atoms with E-state index < -0.39 is 0 Å². The fourth-order valence-electron chi connectivity index (χ4n) is 2.03. The van der Waals surface area contributed by atoms with Crippen LogP contribution in [0.5, 0.6) is 0 Å². The van der Waals surface area contributed by atoms with Crippen LogP contribution in [-0.2, 0) is 13.0 Å². The Hall–Kier alpha value is -1.09. The van der Waals surface area contributed by atoms with E-state index in [9.17, 15) is 4.79 Å². The predicted molar refractivity (Wildman–Crippen MR) is 56.3 cm³/mol. The van der Waals surface area contributed by atoms with Crippen molar-refractivity contribution in [3.63, 3.8) is 0 Å². The predicted octanol–water partition coefficient (Wildman–Crippen LogP) is 1.14. The minimum absolute atomic E-state index is 0.180. The SMILES string of the molecule is CCCN1CCc2[nH]ccc(=O)c2C1. The van der Waals surface area contributed by atoms with Gasteiger partial charge in [-0.25, -0.2) is 0 Å². The van der Waals surface area contributed by atoms with Crippen molar-refractivity contribution in [2.24, 2.45) is 0 Å². The number of aromatic amines is 1. The van der Waals surface area contributed by atoms with Crippen LogP contribution in [0.2, 0.25) is 0 Å². The summed E-state index contributed by atoms with van der Waals surface area (Å²) < 4.78 is 0. The van der Waals surface area contributed by atoms with E-state index in [-0.39, 0.29) is 5.43 Å². The summed E-state index contributed by atoms with van der Waals surface area (Å²) in [6.07, 6.45) is 3.88. The second kappa shape index (κ2) is 3.96. The molecule has 1 aromatic heterocycles. The summed E-state index contributed by atoms with van der Waals surface area (Å²) in [7, 11) is 0. The van der Waals surface area contributed by atoms with Gasteiger partial charge in [0.15, 0.2) is 5.43 Å². The van der Waals surface area contributed by atoms with Gasteiger partial charge in [-0.1, -0.05) is 6.92 Å². The Bertz CT molecular complexity index is 370. The first kappa shape index (κ1) is 9.46. The summed E-state index contributed by atoms with van der Waals surface area (Å²) in [6, 6.07) is 1.62. The van der Waals surface area contributed by atoms with Gasteiger partial charge in [0, 0.05) is 43.0 Å². The van der Waals surface area contributed by atoms with E-state index in [2.05, 4.69) is 16.8 Å². The van der Waals surface area contributed by atoms with Gasteiger partial charge < -0.3 is 4.98 Å². The first-order valence-corrected chi connectivity index (χ1v) is 5.23. The topological polar surface area (TPSA) is 36.1 Å². The van der Waals surface area contributed by atoms with Crippen LogP contribution in [0.15, 0.2) is 17.1 Å². The lowest BCUT2D eigenvalue weighted by atomic mass is 10.1. The van der Waals surface area contributed by atoms with Crippen molar-refractivity contribution in [3.05, 3.63) is 33.7 Å². The van der Waals surface area contributed by atoms with Gasteiger partial charge in [-0.3, -0.25) is 9.69 Å². The molecular weight excluding hydrogens is 176 g/mol. The van der Waals surface area contributed by atoms with Crippen molar-refractivity contribution in [1.82, 2.24) is 9.88 Å². The van der Waals surface area contributed by atoms with Gasteiger partial charge in [0.2, 0.25) is 0 Å². The van der Waals surface area contributed by atoms with E-state index in [1.54, 1.807) is 12.3 Å². The Balaban J connectivity index is 2.24. The molecule has 3 nitrogen and oxygen atoms in total. The molecule has 0 aliphatic carbocycles. The molecule has 0 bridgehead atoms. The molecule has 0 atom stereocenters. The van der Waals surface area contributed by atoms with Crippen LogP contribution >= 0.6 is 0 Å². The highest BCUT2D eigenvalue weighted by Crippen LogP contribution is 2.12. The van der Waals surface area contributed by atoms with Crippen LogP contribution in [0, 0.1) is 0 Å². The maximum absolute atomic E-state index is 11.6. The lowest BCUT2D eigenvalue weighted by molar-refractivity contribution is 0.251. The Morgan fingerprint density at radius 1 is 1.57 bits per heavy atom. The van der Waals surface area contributed by atoms with Crippen LogP contribution in [0.3, 0.4) is 0 Å². The van der Waals surface area contributed by atoms with Crippen LogP contribution in [0.1, 0.15) is 24.6 Å². The number of nitrogens with one attached hydrogen (secondary N) is 1. The number of aromatic nitrogens is 1. The Labute approximate surface area is 83.8 Å². The molecule has 76 valence electrons. The molecule has 2 heterocycles. The number of hydrogen-bond acceptors (Lipinski definition) is 2. The molecule has 2 rings (SSSR count). The second-order valence-electron chi connectivity index (χ2n) is 3.83. The number of nitrogens with zero attached hydrogens (tertiary/aromatic N) is 1. The second-order valence-corrected chi connectivity index (χ2v) is 3.83. The minimum atomic E-state index is 0.180. The normalized spacial score (nSPS) is 16.6. The Kier molecular flexibility index (Phi) is 2.68. The van der Waals surface area contributed by atoms with E-state index in [0.717, 1.165) is 43.7 Å². The lowest BCUT2D eigenvalue weighted by Gasteiger charge is -2.27. The van der Waals surface area contributed by atoms with Crippen molar-refractivity contribution >= 4 is 0 Å². The van der Waals surface area contributed by atoms with Crippen LogP contribution < -0.4 is 5.43 Å². The van der Waals surface area contributed by atoms with Crippen LogP contribution in [0.25, 0.3) is 0 Å². The van der Waals surface area contributed by atoms with Crippen molar-refractivity contribution in [2.45, 2.75) is 26.3 Å². The quantitative estimate of drug-likeness (QED) is 0.763. The first-order valence-electron chi connectivity index (χ1n) is 5.23. The van der Waals surface area contributed by atoms with E-state index in [1.165, 1.54) is 0 Å². The summed E-state index contributed by atoms with van der Waals surface area (Å²) in [4.78, 5) is 17.1. The third kappa shape index (κ3) is 1.73. The monoisotopic (exact) mass is 192 g/mol. The molecule has 0 fully saturated rings. The lowest BCUT2D eigenvalue weighted by Crippen LogP contribution is -2.34. The third-order valence-electron chi connectivity index (χ3n) is 2.75. The van der Waals surface area contributed by atoms with Gasteiger partial charge >= 0.3 is 0 Å². The van der Waals surface area contributed by atoms with E-state index >= 15 is 0 Å². The molecule has 1 N–H and O–H groups in total. The van der Waals surface area contributed by atoms with Gasteiger partial charge in [-0.15, -0.1) is 0 Å². The highest BCUT2D eigenvalue weighted by Gasteiger charge is 2.17. The fraction of sp³-hybridized carbons (Fsp3) is 0.545. The van der Waals surface area contributed by atoms with E-state index in [0.29, 0.717) is 0 Å². The van der Waals surface area contributed by atoms with Crippen molar-refractivity contribution < 1.29 is 0 Å². The molecule has 14 heavy (non-hydrogen) atoms. The number of pyridine rings is 1. The molecule has 1 aromatic rings. The highest BCUT2D eigenvalue weighted by atomic mass is 16.1. The van der Waals surface area contributed by atoms with Crippen LogP contribution in [-0.4, -0.2) is 23.0 Å². The molecule has 0 aromatic carbocycles. The maximum Gasteiger partial charge on any atom is 0.186 e. The van der Waals surface area contributed by atoms with E-state index in [4.69, 9.17) is 0 Å². The van der Waals surface area contributed by atoms with Crippen molar-refractivity contribution in [1.29, 1.82) is 0 Å². The zero-order valence-corrected chi connectivity index (χ0v) is 8.55. The average Bonchev–Trinajstić information content (AvgIpc) is 2.20. The van der Waals surface area contributed by atoms with Gasteiger partial charge in [-0.05, 0) is 13.0 Å². The number of H-pyrrole nitrogens is 1. The molecule has 1 aliphatic heterocycles. The average molecular weight is 192 g/mol. The van der Waals surface area contributed by atoms with Crippen molar-refractivity contribution in [2.75, 3.05) is 13.1 Å². The molecule has 0 spiro atoms. The maximum atomic E-state index is 11.6. The molecule has 0 saturated carbocycles. The summed E-state index contributed by atoms with van der Waals surface area (Å²) >= 11 is 0. The number of fused-ring (bicyclic) bond motifs is 1. The molecule has 0 amide bonds. The third-order valence-corrected chi connectivity index (χ3v) is 2.75. The minimum Gasteiger partial charge on any atom is -0.364 e. The molecule has 0 unspecified atom stereocenters. The number of rotatable bonds is 2. The zero-order valence-electron chi connectivity index (χ0n) is 8.55. The molecular formula is C11H16N2O. The molecule has 1 aliphatic rings. The fourth-order valence-corrected chi connectivity index (χ4v) is 2.03. The summed E-state index contributed by atoms with van der Waals surface area (Å²) in [5, 5.41) is 0. The van der Waals surface area contributed by atoms with Gasteiger partial charge in [-0.2, -0.15) is 0 Å². The van der Waals surface area contributed by atoms with Gasteiger partial charge in [0.05, 0.1) is 0 Å². The molecule has 0 saturated heterocycles. The zero-order chi connectivity index (χ0) is 9.97. The Morgan fingerprint density at radius 2 is 2.43 bits per heavy atom. The standard InChI is InChI=1S/C11H16N2O/c1-2-6-13-7-4-10-9(8-13)11(14)3-5-12-10/h3,5H,2,4,6-8H2,1H3,(H,12,14). The first-order chi connectivity index (χ1) is 6.81. The largest absolute Gasteiger partial charge is 0.364 e. The van der Waals surface area contributed by atoms with Gasteiger partial charge in [0.25, 0.3) is 0 Å². The number of hydrogen-bond donors (Lipinski definition) is 1. The summed E-state index contributed by atoms with van der Waals surface area (Å²) in [5.41, 5.74) is 2.27. The summed E-state index contributed by atoms with van der Waals surface area (Å²) in [5.74, 6) is 0. The van der Waals surface area contributed by atoms with Crippen LogP contribution in [0.4, 0.5) is 0 Å². The van der Waals surface area contributed by atoms with Crippen molar-refractivity contribution in [3.8, 4) is 0 Å². The molecule has 3 heteroatoms. The highest BCUT2D eigenvalue weighted by molar-refractivity contribution is 5.22.